The first-order chi connectivity index (χ1) is 11.7. The molecule has 0 aromatic carbocycles. The summed E-state index contributed by atoms with van der Waals surface area (Å²) in [6.45, 7) is 4.29. The second kappa shape index (κ2) is 5.25. The molecule has 0 saturated heterocycles. The first-order valence-electron chi connectivity index (χ1n) is 9.67. The molecule has 0 aliphatic heterocycles. The number of rotatable bonds is 0. The Bertz CT molecular complexity index is 663. The van der Waals surface area contributed by atoms with Gasteiger partial charge in [0.25, 0.3) is 0 Å². The van der Waals surface area contributed by atoms with Crippen molar-refractivity contribution in [3.8, 4) is 12.3 Å². The molecule has 0 bridgehead atoms. The van der Waals surface area contributed by atoms with Gasteiger partial charge >= 0.3 is 0 Å². The van der Waals surface area contributed by atoms with Crippen LogP contribution in [0.5, 0.6) is 0 Å². The van der Waals surface area contributed by atoms with Crippen LogP contribution in [0.1, 0.15) is 58.8 Å². The van der Waals surface area contributed by atoms with Crippen LogP contribution in [-0.2, 0) is 0 Å². The highest BCUT2D eigenvalue weighted by Gasteiger charge is 2.65. The van der Waals surface area contributed by atoms with Crippen LogP contribution in [0.2, 0.25) is 0 Å². The quantitative estimate of drug-likeness (QED) is 0.508. The molecule has 0 radical (unpaired) electrons. The van der Waals surface area contributed by atoms with Gasteiger partial charge in [0.1, 0.15) is 17.5 Å². The van der Waals surface area contributed by atoms with Gasteiger partial charge < -0.3 is 20.4 Å². The van der Waals surface area contributed by atoms with Crippen LogP contribution in [0, 0.1) is 40.9 Å². The smallest absolute Gasteiger partial charge is 0.130 e. The van der Waals surface area contributed by atoms with Gasteiger partial charge in [0.15, 0.2) is 0 Å². The average molecular weight is 346 g/mol. The van der Waals surface area contributed by atoms with Crippen LogP contribution in [0.25, 0.3) is 0 Å². The van der Waals surface area contributed by atoms with Crippen molar-refractivity contribution in [1.82, 2.24) is 0 Å². The van der Waals surface area contributed by atoms with E-state index in [1.54, 1.807) is 0 Å². The maximum absolute atomic E-state index is 11.0. The molecule has 3 fully saturated rings. The zero-order valence-corrected chi connectivity index (χ0v) is 15.2. The molecule has 0 aromatic rings. The van der Waals surface area contributed by atoms with Gasteiger partial charge in [-0.25, -0.2) is 0 Å². The lowest BCUT2D eigenvalue weighted by atomic mass is 9.45. The van der Waals surface area contributed by atoms with Crippen LogP contribution in [0.4, 0.5) is 0 Å². The van der Waals surface area contributed by atoms with Crippen LogP contribution in [0.15, 0.2) is 11.3 Å². The monoisotopic (exact) mass is 346 g/mol. The van der Waals surface area contributed by atoms with Gasteiger partial charge in [-0.2, -0.15) is 0 Å². The van der Waals surface area contributed by atoms with E-state index in [1.807, 2.05) is 0 Å². The van der Waals surface area contributed by atoms with Crippen LogP contribution in [-0.4, -0.2) is 38.2 Å². The van der Waals surface area contributed by atoms with Crippen molar-refractivity contribution in [2.45, 2.75) is 76.6 Å². The molecule has 0 heterocycles. The molecule has 4 aliphatic rings. The predicted octanol–water partition coefficient (Wildman–Crippen LogP) is 2.53. The fourth-order valence-electron chi connectivity index (χ4n) is 7.04. The van der Waals surface area contributed by atoms with Crippen molar-refractivity contribution in [1.29, 1.82) is 0 Å². The highest BCUT2D eigenvalue weighted by molar-refractivity contribution is 5.31. The van der Waals surface area contributed by atoms with Gasteiger partial charge in [-0.05, 0) is 73.7 Å². The van der Waals surface area contributed by atoms with Crippen molar-refractivity contribution in [3.05, 3.63) is 11.3 Å². The van der Waals surface area contributed by atoms with Crippen LogP contribution < -0.4 is 0 Å². The summed E-state index contributed by atoms with van der Waals surface area (Å²) in [6, 6.07) is 0. The van der Waals surface area contributed by atoms with E-state index >= 15 is 0 Å². The molecule has 4 rings (SSSR count). The third kappa shape index (κ3) is 2.01. The third-order valence-electron chi connectivity index (χ3n) is 8.65. The molecule has 0 aromatic heterocycles. The maximum Gasteiger partial charge on any atom is 0.130 e. The molecular weight excluding hydrogens is 316 g/mol. The van der Waals surface area contributed by atoms with Gasteiger partial charge in [0.05, 0.1) is 6.10 Å². The Kier molecular flexibility index (Phi) is 3.65. The Labute approximate surface area is 150 Å². The fraction of sp³-hybridized carbons (Fsp3) is 0.810. The Morgan fingerprint density at radius 3 is 2.40 bits per heavy atom. The largest absolute Gasteiger partial charge is 0.510 e. The molecule has 0 spiro atoms. The summed E-state index contributed by atoms with van der Waals surface area (Å²) in [5, 5.41) is 42.5. The minimum atomic E-state index is -1.08. The van der Waals surface area contributed by atoms with Crippen molar-refractivity contribution in [3.63, 3.8) is 0 Å². The number of aliphatic hydroxyl groups excluding tert-OH is 3. The van der Waals surface area contributed by atoms with E-state index in [4.69, 9.17) is 6.42 Å². The van der Waals surface area contributed by atoms with E-state index in [-0.39, 0.29) is 34.3 Å². The fourth-order valence-corrected chi connectivity index (χ4v) is 7.04. The minimum Gasteiger partial charge on any atom is -0.510 e. The third-order valence-corrected chi connectivity index (χ3v) is 8.65. The lowest BCUT2D eigenvalue weighted by Gasteiger charge is -2.60. The van der Waals surface area contributed by atoms with Gasteiger partial charge in [0.2, 0.25) is 0 Å². The molecule has 4 heteroatoms. The van der Waals surface area contributed by atoms with E-state index in [9.17, 15) is 20.4 Å². The normalized spacial score (nSPS) is 55.1. The van der Waals surface area contributed by atoms with Crippen molar-refractivity contribution < 1.29 is 20.4 Å². The summed E-state index contributed by atoms with van der Waals surface area (Å²) in [4.78, 5) is 0. The van der Waals surface area contributed by atoms with Crippen molar-refractivity contribution >= 4 is 0 Å². The Morgan fingerprint density at radius 2 is 1.72 bits per heavy atom. The average Bonchev–Trinajstić information content (AvgIpc) is 2.86. The molecule has 3 unspecified atom stereocenters. The van der Waals surface area contributed by atoms with Gasteiger partial charge in [-0.1, -0.05) is 19.8 Å². The molecule has 4 aliphatic carbocycles. The topological polar surface area (TPSA) is 80.9 Å². The molecular formula is C21H30O4. The lowest BCUT2D eigenvalue weighted by Crippen LogP contribution is -2.58. The molecule has 8 atom stereocenters. The summed E-state index contributed by atoms with van der Waals surface area (Å²) in [7, 11) is 0. The summed E-state index contributed by atoms with van der Waals surface area (Å²) in [5.74, 6) is 3.31. The summed E-state index contributed by atoms with van der Waals surface area (Å²) in [5.41, 5.74) is -0.748. The number of aliphatic hydroxyl groups is 4. The molecule has 138 valence electrons. The highest BCUT2D eigenvalue weighted by atomic mass is 16.3. The van der Waals surface area contributed by atoms with Crippen LogP contribution >= 0.6 is 0 Å². The summed E-state index contributed by atoms with van der Waals surface area (Å²) >= 11 is 0. The molecule has 0 amide bonds. The van der Waals surface area contributed by atoms with Gasteiger partial charge in [-0.3, -0.25) is 0 Å². The van der Waals surface area contributed by atoms with E-state index < -0.39 is 17.8 Å². The second-order valence-electron chi connectivity index (χ2n) is 9.40. The SMILES string of the molecule is C#CC1(O)CC[C@H]2[C@@H]3C(O)CC4=C(O)C(O)CC[C@]4(C)[C@@H]3CC[C@@]21C. The summed E-state index contributed by atoms with van der Waals surface area (Å²) < 4.78 is 0. The first-order valence-corrected chi connectivity index (χ1v) is 9.67. The highest BCUT2D eigenvalue weighted by Crippen LogP contribution is 2.67. The van der Waals surface area contributed by atoms with Crippen molar-refractivity contribution in [2.24, 2.45) is 28.6 Å². The number of terminal acetylenes is 1. The van der Waals surface area contributed by atoms with E-state index in [1.165, 1.54) is 0 Å². The van der Waals surface area contributed by atoms with Crippen LogP contribution in [0.3, 0.4) is 0 Å². The van der Waals surface area contributed by atoms with E-state index in [0.29, 0.717) is 19.3 Å². The minimum absolute atomic E-state index is 0.0890. The Hall–Kier alpha value is -1.02. The maximum atomic E-state index is 11.0. The van der Waals surface area contributed by atoms with E-state index in [2.05, 4.69) is 19.8 Å². The first kappa shape index (κ1) is 17.4. The van der Waals surface area contributed by atoms with Gasteiger partial charge in [0, 0.05) is 5.41 Å². The predicted molar refractivity (Wildman–Crippen MR) is 94.5 cm³/mol. The molecule has 4 nitrogen and oxygen atoms in total. The van der Waals surface area contributed by atoms with E-state index in [0.717, 1.165) is 31.3 Å². The summed E-state index contributed by atoms with van der Waals surface area (Å²) in [6.07, 6.45) is 9.37. The lowest BCUT2D eigenvalue weighted by molar-refractivity contribution is -0.138. The standard InChI is InChI=1S/C21H30O4/c1-4-21(25)10-6-13-17-12(5-9-20(13,21)3)19(2)8-7-15(22)18(24)14(19)11-16(17)23/h1,12-13,15-17,22-25H,5-11H2,2-3H3/t12-,13+,15?,16?,17-,19-,20+,21?/m1/s1. The number of hydrogen-bond acceptors (Lipinski definition) is 4. The Balaban J connectivity index is 1.76. The number of hydrogen-bond donors (Lipinski definition) is 4. The molecule has 25 heavy (non-hydrogen) atoms. The zero-order valence-electron chi connectivity index (χ0n) is 15.2. The zero-order chi connectivity index (χ0) is 18.2. The Morgan fingerprint density at radius 1 is 1.04 bits per heavy atom. The molecule has 3 saturated carbocycles. The van der Waals surface area contributed by atoms with Crippen molar-refractivity contribution in [2.75, 3.05) is 0 Å². The molecule has 4 N–H and O–H groups in total. The second-order valence-corrected chi connectivity index (χ2v) is 9.40. The number of fused-ring (bicyclic) bond motifs is 5. The van der Waals surface area contributed by atoms with Gasteiger partial charge in [-0.15, -0.1) is 6.42 Å².